The van der Waals surface area contributed by atoms with E-state index in [1.54, 1.807) is 0 Å². The second-order valence-corrected chi connectivity index (χ2v) is 3.83. The van der Waals surface area contributed by atoms with Crippen LogP contribution >= 0.6 is 0 Å². The van der Waals surface area contributed by atoms with E-state index in [4.69, 9.17) is 0 Å². The number of hydrogen-bond donors (Lipinski definition) is 0. The lowest BCUT2D eigenvalue weighted by atomic mass is 10.0. The second kappa shape index (κ2) is 4.30. The van der Waals surface area contributed by atoms with Gasteiger partial charge in [-0.3, -0.25) is 0 Å². The average molecular weight is 346 g/mol. The van der Waals surface area contributed by atoms with E-state index in [1.165, 1.54) is 0 Å². The number of ether oxygens (including phenoxy) is 2. The highest BCUT2D eigenvalue weighted by Crippen LogP contribution is 2.59. The van der Waals surface area contributed by atoms with Crippen LogP contribution in [-0.2, 0) is 9.47 Å². The molecule has 0 atom stereocenters. The third-order valence-corrected chi connectivity index (χ3v) is 2.46. The van der Waals surface area contributed by atoms with Gasteiger partial charge in [0, 0.05) is 0 Å². The van der Waals surface area contributed by atoms with Gasteiger partial charge in [-0.15, -0.1) is 0 Å². The Labute approximate surface area is 106 Å². The number of hydrogen-bond acceptors (Lipinski definition) is 2. The first-order valence-corrected chi connectivity index (χ1v) is 4.52. The summed E-state index contributed by atoms with van der Waals surface area (Å²) < 4.78 is 153. The lowest BCUT2D eigenvalue weighted by Crippen LogP contribution is -2.64. The minimum Gasteiger partial charge on any atom is -0.332 e. The van der Waals surface area contributed by atoms with Crippen LogP contribution in [0.15, 0.2) is 0 Å². The van der Waals surface area contributed by atoms with Crippen molar-refractivity contribution in [2.45, 2.75) is 36.1 Å². The fourth-order valence-electron chi connectivity index (χ4n) is 1.39. The molecule has 0 aliphatic carbocycles. The number of rotatable bonds is 0. The van der Waals surface area contributed by atoms with Crippen molar-refractivity contribution in [2.24, 2.45) is 0 Å². The predicted octanol–water partition coefficient (Wildman–Crippen LogP) is 3.72. The quantitative estimate of drug-likeness (QED) is 0.623. The molecule has 0 spiro atoms. The van der Waals surface area contributed by atoms with Gasteiger partial charge in [-0.2, -0.15) is 52.7 Å². The molecule has 1 fully saturated rings. The summed E-state index contributed by atoms with van der Waals surface area (Å²) in [5.74, 6) is -6.02. The van der Waals surface area contributed by atoms with Crippen molar-refractivity contribution in [3.63, 3.8) is 0 Å². The zero-order valence-corrected chi connectivity index (χ0v) is 9.06. The Morgan fingerprint density at radius 2 is 0.905 bits per heavy atom. The molecule has 0 N–H and O–H groups in total. The molecule has 0 saturated carbocycles. The minimum atomic E-state index is -6.72. The van der Waals surface area contributed by atoms with E-state index >= 15 is 0 Å². The number of alkyl halides is 12. The van der Waals surface area contributed by atoms with Gasteiger partial charge in [-0.1, -0.05) is 0 Å². The maximum Gasteiger partial charge on any atom is 0.453 e. The van der Waals surface area contributed by atoms with Crippen LogP contribution in [0.5, 0.6) is 0 Å². The Kier molecular flexibility index (Phi) is 3.71. The van der Waals surface area contributed by atoms with Gasteiger partial charge in [0.15, 0.2) is 0 Å². The second-order valence-electron chi connectivity index (χ2n) is 3.83. The number of halogens is 12. The minimum absolute atomic E-state index is 2.47. The average Bonchev–Trinajstić information content (AvgIpc) is 2.54. The first-order valence-electron chi connectivity index (χ1n) is 4.52. The lowest BCUT2D eigenvalue weighted by Gasteiger charge is -2.36. The van der Waals surface area contributed by atoms with Gasteiger partial charge in [0.05, 0.1) is 6.61 Å². The molecule has 2 nitrogen and oxygen atoms in total. The molecule has 0 radical (unpaired) electrons. The first-order chi connectivity index (χ1) is 8.91. The van der Waals surface area contributed by atoms with Crippen molar-refractivity contribution < 1.29 is 62.2 Å². The summed E-state index contributed by atoms with van der Waals surface area (Å²) in [4.78, 5) is 0. The van der Waals surface area contributed by atoms with Crippen molar-refractivity contribution in [1.29, 1.82) is 0 Å². The van der Waals surface area contributed by atoms with Crippen LogP contribution in [0.2, 0.25) is 0 Å². The van der Waals surface area contributed by atoms with E-state index in [-0.39, 0.29) is 0 Å². The molecule has 0 aromatic rings. The maximum atomic E-state index is 12.4. The summed E-state index contributed by atoms with van der Waals surface area (Å²) in [6.07, 6.45) is -26.7. The highest BCUT2D eigenvalue weighted by molar-refractivity contribution is 5.06. The molecular weight excluding hydrogens is 344 g/mol. The molecule has 0 aromatic heterocycles. The summed E-state index contributed by atoms with van der Waals surface area (Å²) in [5, 5.41) is 0. The van der Waals surface area contributed by atoms with Crippen LogP contribution in [0.25, 0.3) is 0 Å². The fourth-order valence-corrected chi connectivity index (χ4v) is 1.39. The molecule has 126 valence electrons. The zero-order valence-electron chi connectivity index (χ0n) is 9.06. The Morgan fingerprint density at radius 3 is 1.05 bits per heavy atom. The Hall–Kier alpha value is -0.920. The predicted molar refractivity (Wildman–Crippen MR) is 36.7 cm³/mol. The molecule has 0 amide bonds. The molecule has 1 heterocycles. The maximum absolute atomic E-state index is 12.4. The van der Waals surface area contributed by atoms with Crippen molar-refractivity contribution in [3.05, 3.63) is 0 Å². The molecule has 21 heavy (non-hydrogen) atoms. The van der Waals surface area contributed by atoms with Gasteiger partial charge in [0.2, 0.25) is 0 Å². The van der Waals surface area contributed by atoms with E-state index < -0.39 is 42.7 Å². The van der Waals surface area contributed by atoms with E-state index in [1.807, 2.05) is 0 Å². The van der Waals surface area contributed by atoms with Crippen LogP contribution in [0.1, 0.15) is 0 Å². The molecule has 0 unspecified atom stereocenters. The summed E-state index contributed by atoms with van der Waals surface area (Å²) in [5.41, 5.74) is -5.74. The van der Waals surface area contributed by atoms with Crippen LogP contribution in [0.3, 0.4) is 0 Å². The lowest BCUT2D eigenvalue weighted by molar-refractivity contribution is -0.473. The smallest absolute Gasteiger partial charge is 0.332 e. The summed E-state index contributed by atoms with van der Waals surface area (Å²) in [6.45, 7) is -3.04. The zero-order chi connectivity index (χ0) is 17.1. The van der Waals surface area contributed by atoms with Gasteiger partial charge in [-0.05, 0) is 0 Å². The molecular formula is C7H2F12O2. The van der Waals surface area contributed by atoms with Gasteiger partial charge in [0.25, 0.3) is 5.60 Å². The van der Waals surface area contributed by atoms with Gasteiger partial charge in [-0.25, -0.2) is 0 Å². The normalized spacial score (nSPS) is 23.4. The molecule has 0 aromatic carbocycles. The van der Waals surface area contributed by atoms with E-state index in [9.17, 15) is 52.7 Å². The summed E-state index contributed by atoms with van der Waals surface area (Å²) >= 11 is 0. The summed E-state index contributed by atoms with van der Waals surface area (Å²) in [6, 6.07) is 0. The van der Waals surface area contributed by atoms with Gasteiger partial charge >= 0.3 is 30.5 Å². The molecule has 0 bridgehead atoms. The molecule has 1 rings (SSSR count). The van der Waals surface area contributed by atoms with Gasteiger partial charge < -0.3 is 9.47 Å². The summed E-state index contributed by atoms with van der Waals surface area (Å²) in [7, 11) is 0. The van der Waals surface area contributed by atoms with Crippen LogP contribution in [0, 0.1) is 0 Å². The Morgan fingerprint density at radius 1 is 0.571 bits per heavy atom. The van der Waals surface area contributed by atoms with E-state index in [2.05, 4.69) is 9.47 Å². The Bertz CT molecular complexity index is 332. The van der Waals surface area contributed by atoms with Crippen molar-refractivity contribution in [3.8, 4) is 0 Å². The third-order valence-electron chi connectivity index (χ3n) is 2.46. The van der Waals surface area contributed by atoms with Crippen LogP contribution in [0.4, 0.5) is 52.7 Å². The fraction of sp³-hybridized carbons (Fsp3) is 1.00. The van der Waals surface area contributed by atoms with E-state index in [0.717, 1.165) is 0 Å². The molecule has 1 aliphatic heterocycles. The highest BCUT2D eigenvalue weighted by atomic mass is 19.4. The van der Waals surface area contributed by atoms with E-state index in [0.29, 0.717) is 0 Å². The van der Waals surface area contributed by atoms with Crippen molar-refractivity contribution >= 4 is 0 Å². The Balaban J connectivity index is 3.49. The standard InChI is InChI=1S/C7H2F12O2/c8-4(9,10)2(5(11,12)13)1-20-3(21-2,6(14,15)16)7(17,18)19/h1H2. The molecule has 1 saturated heterocycles. The van der Waals surface area contributed by atoms with Crippen LogP contribution < -0.4 is 0 Å². The monoisotopic (exact) mass is 346 g/mol. The van der Waals surface area contributed by atoms with Gasteiger partial charge in [0.1, 0.15) is 0 Å². The first kappa shape index (κ1) is 18.1. The largest absolute Gasteiger partial charge is 0.453 e. The van der Waals surface area contributed by atoms with Crippen LogP contribution in [-0.4, -0.2) is 42.7 Å². The van der Waals surface area contributed by atoms with Crippen molar-refractivity contribution in [2.75, 3.05) is 6.61 Å². The third kappa shape index (κ3) is 2.41. The molecule has 1 aliphatic rings. The molecule has 14 heteroatoms. The topological polar surface area (TPSA) is 18.5 Å². The van der Waals surface area contributed by atoms with Crippen molar-refractivity contribution in [1.82, 2.24) is 0 Å². The highest BCUT2D eigenvalue weighted by Gasteiger charge is 2.87. The SMILES string of the molecule is FC(F)(F)C1(C(F)(F)F)COC(C(F)(F)F)(C(F)(F)F)O1.